The number of hydrogen-bond donors (Lipinski definition) is 0. The van der Waals surface area contributed by atoms with Gasteiger partial charge in [0, 0.05) is 16.8 Å². The lowest BCUT2D eigenvalue weighted by Crippen LogP contribution is -2.43. The molecule has 3 heteroatoms. The Balaban J connectivity index is 1.60. The van der Waals surface area contributed by atoms with Gasteiger partial charge >= 0.3 is 0 Å². The Hall–Kier alpha value is -1.35. The van der Waals surface area contributed by atoms with E-state index in [2.05, 4.69) is 30.0 Å². The normalized spacial score (nSPS) is 25.3. The van der Waals surface area contributed by atoms with Crippen molar-refractivity contribution in [1.29, 1.82) is 0 Å². The Kier molecular flexibility index (Phi) is 3.69. The van der Waals surface area contributed by atoms with Crippen LogP contribution in [0.3, 0.4) is 0 Å². The van der Waals surface area contributed by atoms with E-state index in [0.29, 0.717) is 12.1 Å². The first-order valence-corrected chi connectivity index (χ1v) is 9.35. The van der Waals surface area contributed by atoms with Crippen LogP contribution in [0.1, 0.15) is 55.1 Å². The van der Waals surface area contributed by atoms with Gasteiger partial charge in [-0.1, -0.05) is 25.1 Å². The van der Waals surface area contributed by atoms with Crippen LogP contribution in [-0.2, 0) is 0 Å². The third-order valence-corrected chi connectivity index (χ3v) is 6.29. The zero-order valence-corrected chi connectivity index (χ0v) is 13.9. The first-order valence-electron chi connectivity index (χ1n) is 8.53. The van der Waals surface area contributed by atoms with Crippen molar-refractivity contribution < 1.29 is 4.79 Å². The summed E-state index contributed by atoms with van der Waals surface area (Å²) in [5, 5.41) is 1.20. The molecule has 2 fully saturated rings. The number of fused-ring (bicyclic) bond motifs is 1. The van der Waals surface area contributed by atoms with Gasteiger partial charge in [0.15, 0.2) is 0 Å². The number of rotatable bonds is 3. The maximum Gasteiger partial charge on any atom is 0.264 e. The van der Waals surface area contributed by atoms with E-state index in [1.807, 2.05) is 12.1 Å². The summed E-state index contributed by atoms with van der Waals surface area (Å²) in [5.74, 6) is 1.11. The first-order chi connectivity index (χ1) is 10.7. The molecular weight excluding hydrogens is 290 g/mol. The summed E-state index contributed by atoms with van der Waals surface area (Å²) in [4.78, 5) is 16.3. The SMILES string of the molecule is CC1CCC(N(C(=O)c2cc3ccccc3s2)C2CC2)CC1. The minimum atomic E-state index is 0.281. The highest BCUT2D eigenvalue weighted by Gasteiger charge is 2.39. The van der Waals surface area contributed by atoms with Crippen LogP contribution in [0.2, 0.25) is 0 Å². The zero-order valence-electron chi connectivity index (χ0n) is 13.1. The molecule has 2 aliphatic rings. The third-order valence-electron chi connectivity index (χ3n) is 5.19. The van der Waals surface area contributed by atoms with Crippen molar-refractivity contribution >= 4 is 27.3 Å². The molecule has 4 rings (SSSR count). The maximum absolute atomic E-state index is 13.1. The molecule has 0 radical (unpaired) electrons. The number of benzene rings is 1. The highest BCUT2D eigenvalue weighted by atomic mass is 32.1. The molecule has 0 unspecified atom stereocenters. The van der Waals surface area contributed by atoms with Gasteiger partial charge < -0.3 is 4.90 Å². The second kappa shape index (κ2) is 5.69. The summed E-state index contributed by atoms with van der Waals surface area (Å²) in [5.41, 5.74) is 0. The van der Waals surface area contributed by atoms with Gasteiger partial charge in [0.1, 0.15) is 0 Å². The predicted molar refractivity (Wildman–Crippen MR) is 92.4 cm³/mol. The summed E-state index contributed by atoms with van der Waals surface area (Å²) < 4.78 is 1.22. The number of nitrogens with zero attached hydrogens (tertiary/aromatic N) is 1. The van der Waals surface area contributed by atoms with E-state index in [4.69, 9.17) is 0 Å². The maximum atomic E-state index is 13.1. The minimum Gasteiger partial charge on any atom is -0.332 e. The summed E-state index contributed by atoms with van der Waals surface area (Å²) in [6.07, 6.45) is 7.31. The second-order valence-electron chi connectivity index (χ2n) is 7.01. The zero-order chi connectivity index (χ0) is 15.1. The number of carbonyl (C=O) groups is 1. The largest absolute Gasteiger partial charge is 0.332 e. The van der Waals surface area contributed by atoms with Gasteiger partial charge in [0.05, 0.1) is 4.88 Å². The molecular formula is C19H23NOS. The van der Waals surface area contributed by atoms with E-state index < -0.39 is 0 Å². The van der Waals surface area contributed by atoms with Crippen molar-refractivity contribution in [3.63, 3.8) is 0 Å². The van der Waals surface area contributed by atoms with Gasteiger partial charge in [0.2, 0.25) is 0 Å². The van der Waals surface area contributed by atoms with Crippen molar-refractivity contribution in [2.24, 2.45) is 5.92 Å². The van der Waals surface area contributed by atoms with E-state index in [1.54, 1.807) is 11.3 Å². The van der Waals surface area contributed by atoms with E-state index in [1.165, 1.54) is 48.6 Å². The molecule has 0 bridgehead atoms. The van der Waals surface area contributed by atoms with Crippen molar-refractivity contribution in [2.45, 2.75) is 57.5 Å². The molecule has 1 amide bonds. The molecule has 2 aliphatic carbocycles. The molecule has 1 heterocycles. The number of thiophene rings is 1. The van der Waals surface area contributed by atoms with E-state index >= 15 is 0 Å². The van der Waals surface area contributed by atoms with Crippen LogP contribution in [-0.4, -0.2) is 22.9 Å². The van der Waals surface area contributed by atoms with Crippen LogP contribution < -0.4 is 0 Å². The van der Waals surface area contributed by atoms with E-state index in [9.17, 15) is 4.79 Å². The quantitative estimate of drug-likeness (QED) is 0.773. The van der Waals surface area contributed by atoms with Gasteiger partial charge in [-0.05, 0) is 62.0 Å². The second-order valence-corrected chi connectivity index (χ2v) is 8.09. The highest BCUT2D eigenvalue weighted by Crippen LogP contribution is 2.37. The number of hydrogen-bond acceptors (Lipinski definition) is 2. The summed E-state index contributed by atoms with van der Waals surface area (Å²) >= 11 is 1.65. The third kappa shape index (κ3) is 2.67. The highest BCUT2D eigenvalue weighted by molar-refractivity contribution is 7.20. The molecule has 2 nitrogen and oxygen atoms in total. The van der Waals surface area contributed by atoms with Gasteiger partial charge in [-0.2, -0.15) is 0 Å². The van der Waals surface area contributed by atoms with Crippen LogP contribution in [0.4, 0.5) is 0 Å². The van der Waals surface area contributed by atoms with Gasteiger partial charge in [-0.3, -0.25) is 4.79 Å². The topological polar surface area (TPSA) is 20.3 Å². The van der Waals surface area contributed by atoms with Crippen LogP contribution >= 0.6 is 11.3 Å². The van der Waals surface area contributed by atoms with Crippen LogP contribution in [0, 0.1) is 5.92 Å². The molecule has 1 aromatic heterocycles. The smallest absolute Gasteiger partial charge is 0.264 e. The fourth-order valence-electron chi connectivity index (χ4n) is 3.72. The monoisotopic (exact) mass is 313 g/mol. The Bertz CT molecular complexity index is 647. The minimum absolute atomic E-state index is 0.281. The lowest BCUT2D eigenvalue weighted by Gasteiger charge is -2.36. The van der Waals surface area contributed by atoms with Crippen LogP contribution in [0.15, 0.2) is 30.3 Å². The standard InChI is InChI=1S/C19H23NOS/c1-13-6-8-15(9-7-13)20(16-10-11-16)19(21)18-12-14-4-2-3-5-17(14)22-18/h2-5,12-13,15-16H,6-11H2,1H3. The van der Waals surface area contributed by atoms with Crippen molar-refractivity contribution in [3.05, 3.63) is 35.2 Å². The van der Waals surface area contributed by atoms with Gasteiger partial charge in [-0.25, -0.2) is 0 Å². The molecule has 0 saturated heterocycles. The van der Waals surface area contributed by atoms with Crippen molar-refractivity contribution in [1.82, 2.24) is 4.90 Å². The lowest BCUT2D eigenvalue weighted by molar-refractivity contribution is 0.0598. The summed E-state index contributed by atoms with van der Waals surface area (Å²) in [6.45, 7) is 2.34. The molecule has 0 atom stereocenters. The molecule has 1 aromatic carbocycles. The fraction of sp³-hybridized carbons (Fsp3) is 0.526. The lowest BCUT2D eigenvalue weighted by atomic mass is 9.86. The van der Waals surface area contributed by atoms with E-state index in [0.717, 1.165) is 10.8 Å². The molecule has 2 saturated carbocycles. The summed E-state index contributed by atoms with van der Waals surface area (Å²) in [6, 6.07) is 11.4. The van der Waals surface area contributed by atoms with Crippen LogP contribution in [0.5, 0.6) is 0 Å². The van der Waals surface area contributed by atoms with E-state index in [-0.39, 0.29) is 5.91 Å². The molecule has 22 heavy (non-hydrogen) atoms. The Morgan fingerprint density at radius 3 is 2.32 bits per heavy atom. The van der Waals surface area contributed by atoms with Gasteiger partial charge in [0.25, 0.3) is 5.91 Å². The Labute approximate surface area is 136 Å². The first kappa shape index (κ1) is 14.3. The molecule has 116 valence electrons. The Morgan fingerprint density at radius 2 is 1.68 bits per heavy atom. The molecule has 0 N–H and O–H groups in total. The Morgan fingerprint density at radius 1 is 1.05 bits per heavy atom. The van der Waals surface area contributed by atoms with Crippen molar-refractivity contribution in [3.8, 4) is 0 Å². The molecule has 2 aromatic rings. The van der Waals surface area contributed by atoms with Crippen molar-refractivity contribution in [2.75, 3.05) is 0 Å². The molecule has 0 aliphatic heterocycles. The van der Waals surface area contributed by atoms with Crippen LogP contribution in [0.25, 0.3) is 10.1 Å². The predicted octanol–water partition coefficient (Wildman–Crippen LogP) is 5.08. The molecule has 0 spiro atoms. The van der Waals surface area contributed by atoms with Gasteiger partial charge in [-0.15, -0.1) is 11.3 Å². The summed E-state index contributed by atoms with van der Waals surface area (Å²) in [7, 11) is 0. The number of amides is 1. The average Bonchev–Trinajstić information content (AvgIpc) is 3.26. The fourth-order valence-corrected chi connectivity index (χ4v) is 4.72. The average molecular weight is 313 g/mol. The number of carbonyl (C=O) groups excluding carboxylic acids is 1.